The standard InChI is InChI=1S/C28H23NO5/c1-33-21-13-7-6-12-20(21)28(32)34-15-14-29-26(30)24-22-16-8-2-3-9-17(16)23(25(24)27(29)31)19-11-5-4-10-18(19)22/h2-13,22-25H,14-15H2,1H3/t22?,23?,24-,25+. The van der Waals surface area contributed by atoms with E-state index < -0.39 is 17.8 Å². The number of methoxy groups -OCH3 is 1. The van der Waals surface area contributed by atoms with Gasteiger partial charge in [0.05, 0.1) is 25.5 Å². The molecule has 0 unspecified atom stereocenters. The summed E-state index contributed by atoms with van der Waals surface area (Å²) in [6, 6.07) is 23.1. The van der Waals surface area contributed by atoms with E-state index >= 15 is 0 Å². The normalized spacial score (nSPS) is 23.9. The minimum absolute atomic E-state index is 0.0394. The van der Waals surface area contributed by atoms with Crippen LogP contribution in [0.4, 0.5) is 0 Å². The molecule has 34 heavy (non-hydrogen) atoms. The summed E-state index contributed by atoms with van der Waals surface area (Å²) < 4.78 is 10.6. The number of ether oxygens (including phenoxy) is 2. The quantitative estimate of drug-likeness (QED) is 0.435. The molecule has 2 atom stereocenters. The molecule has 0 aromatic heterocycles. The first-order valence-corrected chi connectivity index (χ1v) is 11.4. The maximum absolute atomic E-state index is 13.6. The maximum Gasteiger partial charge on any atom is 0.341 e. The van der Waals surface area contributed by atoms with Crippen molar-refractivity contribution in [3.8, 4) is 5.75 Å². The predicted octanol–water partition coefficient (Wildman–Crippen LogP) is 3.74. The number of nitrogens with zero attached hydrogens (tertiary/aromatic N) is 1. The second kappa shape index (κ2) is 7.83. The van der Waals surface area contributed by atoms with Gasteiger partial charge in [0.2, 0.25) is 11.8 Å². The SMILES string of the molecule is COc1ccccc1C(=O)OCCN1C(=O)[C@@H]2C3c4ccccc4C(c4ccccc43)[C@@H]2C1=O. The van der Waals surface area contributed by atoms with Gasteiger partial charge in [-0.05, 0) is 34.4 Å². The highest BCUT2D eigenvalue weighted by molar-refractivity contribution is 6.07. The van der Waals surface area contributed by atoms with Crippen molar-refractivity contribution in [1.82, 2.24) is 4.90 Å². The number of likely N-dealkylation sites (tertiary alicyclic amines) is 1. The molecule has 170 valence electrons. The Bertz CT molecular complexity index is 1220. The van der Waals surface area contributed by atoms with Crippen LogP contribution in [-0.4, -0.2) is 42.9 Å². The van der Waals surface area contributed by atoms with Crippen LogP contribution in [0.5, 0.6) is 5.75 Å². The Morgan fingerprint density at radius 2 is 1.24 bits per heavy atom. The van der Waals surface area contributed by atoms with Crippen molar-refractivity contribution in [2.75, 3.05) is 20.3 Å². The summed E-state index contributed by atoms with van der Waals surface area (Å²) in [5, 5.41) is 0. The van der Waals surface area contributed by atoms with Crippen molar-refractivity contribution in [2.24, 2.45) is 11.8 Å². The number of hydrogen-bond acceptors (Lipinski definition) is 5. The highest BCUT2D eigenvalue weighted by Crippen LogP contribution is 2.60. The van der Waals surface area contributed by atoms with E-state index in [0.717, 1.165) is 22.3 Å². The molecule has 1 saturated heterocycles. The van der Waals surface area contributed by atoms with Gasteiger partial charge in [-0.15, -0.1) is 0 Å². The van der Waals surface area contributed by atoms with Gasteiger partial charge in [-0.2, -0.15) is 0 Å². The van der Waals surface area contributed by atoms with E-state index in [9.17, 15) is 14.4 Å². The minimum atomic E-state index is -0.547. The van der Waals surface area contributed by atoms with Crippen LogP contribution in [0.2, 0.25) is 0 Å². The summed E-state index contributed by atoms with van der Waals surface area (Å²) >= 11 is 0. The largest absolute Gasteiger partial charge is 0.496 e. The van der Waals surface area contributed by atoms with Crippen molar-refractivity contribution < 1.29 is 23.9 Å². The lowest BCUT2D eigenvalue weighted by Gasteiger charge is -2.45. The highest BCUT2D eigenvalue weighted by Gasteiger charge is 2.61. The third kappa shape index (κ3) is 2.84. The average Bonchev–Trinajstić information content (AvgIpc) is 3.14. The maximum atomic E-state index is 13.6. The summed E-state index contributed by atoms with van der Waals surface area (Å²) in [4.78, 5) is 40.9. The van der Waals surface area contributed by atoms with Crippen LogP contribution < -0.4 is 4.74 Å². The molecule has 0 radical (unpaired) electrons. The monoisotopic (exact) mass is 453 g/mol. The van der Waals surface area contributed by atoms with Crippen LogP contribution in [0.15, 0.2) is 72.8 Å². The fraction of sp³-hybridized carbons (Fsp3) is 0.250. The number of carbonyl (C=O) groups is 3. The number of benzene rings is 3. The molecule has 4 aliphatic rings. The van der Waals surface area contributed by atoms with Gasteiger partial charge < -0.3 is 9.47 Å². The van der Waals surface area contributed by atoms with Gasteiger partial charge >= 0.3 is 5.97 Å². The first kappa shape index (κ1) is 20.7. The van der Waals surface area contributed by atoms with Gasteiger partial charge in [-0.25, -0.2) is 4.79 Å². The Morgan fingerprint density at radius 1 is 0.765 bits per heavy atom. The molecule has 1 heterocycles. The summed E-state index contributed by atoms with van der Waals surface area (Å²) in [6.45, 7) is -0.0271. The smallest absolute Gasteiger partial charge is 0.341 e. The number of carbonyl (C=O) groups excluding carboxylic acids is 3. The van der Waals surface area contributed by atoms with E-state index in [-0.39, 0.29) is 36.8 Å². The Kier molecular flexibility index (Phi) is 4.76. The number of hydrogen-bond donors (Lipinski definition) is 0. The summed E-state index contributed by atoms with van der Waals surface area (Å²) in [5.41, 5.74) is 4.86. The van der Waals surface area contributed by atoms with E-state index in [2.05, 4.69) is 24.3 Å². The number of amides is 2. The van der Waals surface area contributed by atoms with Gasteiger partial charge in [0.15, 0.2) is 0 Å². The predicted molar refractivity (Wildman–Crippen MR) is 124 cm³/mol. The first-order chi connectivity index (χ1) is 16.6. The Morgan fingerprint density at radius 3 is 1.74 bits per heavy atom. The van der Waals surface area contributed by atoms with Crippen molar-refractivity contribution in [1.29, 1.82) is 0 Å². The number of rotatable bonds is 5. The van der Waals surface area contributed by atoms with E-state index in [1.54, 1.807) is 24.3 Å². The van der Waals surface area contributed by atoms with Gasteiger partial charge in [0.1, 0.15) is 17.9 Å². The molecule has 2 bridgehead atoms. The molecule has 6 nitrogen and oxygen atoms in total. The number of imide groups is 1. The van der Waals surface area contributed by atoms with E-state index in [1.807, 2.05) is 24.3 Å². The van der Waals surface area contributed by atoms with Crippen LogP contribution >= 0.6 is 0 Å². The molecule has 1 aliphatic heterocycles. The Hall–Kier alpha value is -3.93. The second-order valence-electron chi connectivity index (χ2n) is 8.93. The molecule has 3 aromatic carbocycles. The van der Waals surface area contributed by atoms with Crippen molar-refractivity contribution >= 4 is 17.8 Å². The molecule has 3 aromatic rings. The van der Waals surface area contributed by atoms with Crippen LogP contribution in [0, 0.1) is 11.8 Å². The zero-order valence-corrected chi connectivity index (χ0v) is 18.6. The van der Waals surface area contributed by atoms with Crippen molar-refractivity contribution in [3.63, 3.8) is 0 Å². The van der Waals surface area contributed by atoms with Crippen LogP contribution in [0.25, 0.3) is 0 Å². The zero-order valence-electron chi connectivity index (χ0n) is 18.6. The molecular weight excluding hydrogens is 430 g/mol. The fourth-order valence-electron chi connectivity index (χ4n) is 6.08. The molecular formula is C28H23NO5. The molecule has 2 amide bonds. The summed E-state index contributed by atoms with van der Waals surface area (Å²) in [6.07, 6.45) is 0. The lowest BCUT2D eigenvalue weighted by atomic mass is 9.55. The van der Waals surface area contributed by atoms with E-state index in [0.29, 0.717) is 11.3 Å². The fourth-order valence-corrected chi connectivity index (χ4v) is 6.08. The topological polar surface area (TPSA) is 72.9 Å². The lowest BCUT2D eigenvalue weighted by molar-refractivity contribution is -0.140. The van der Waals surface area contributed by atoms with Crippen molar-refractivity contribution in [3.05, 3.63) is 101 Å². The Balaban J connectivity index is 1.26. The number of esters is 1. The highest BCUT2D eigenvalue weighted by atomic mass is 16.5. The number of para-hydroxylation sites is 1. The Labute approximate surface area is 197 Å². The molecule has 6 heteroatoms. The third-order valence-electron chi connectivity index (χ3n) is 7.41. The zero-order chi connectivity index (χ0) is 23.4. The molecule has 0 saturated carbocycles. The van der Waals surface area contributed by atoms with Gasteiger partial charge in [0, 0.05) is 11.8 Å². The van der Waals surface area contributed by atoms with E-state index in [4.69, 9.17) is 9.47 Å². The molecule has 1 fully saturated rings. The van der Waals surface area contributed by atoms with Gasteiger partial charge in [0.25, 0.3) is 0 Å². The molecule has 0 N–H and O–H groups in total. The average molecular weight is 453 g/mol. The lowest BCUT2D eigenvalue weighted by Crippen LogP contribution is -2.41. The summed E-state index contributed by atoms with van der Waals surface area (Å²) in [7, 11) is 1.49. The second-order valence-corrected chi connectivity index (χ2v) is 8.93. The minimum Gasteiger partial charge on any atom is -0.496 e. The van der Waals surface area contributed by atoms with Crippen LogP contribution in [0.1, 0.15) is 44.4 Å². The first-order valence-electron chi connectivity index (χ1n) is 11.4. The van der Waals surface area contributed by atoms with E-state index in [1.165, 1.54) is 12.0 Å². The summed E-state index contributed by atoms with van der Waals surface area (Å²) in [5.74, 6) is -1.61. The van der Waals surface area contributed by atoms with Gasteiger partial charge in [-0.1, -0.05) is 60.7 Å². The van der Waals surface area contributed by atoms with Crippen molar-refractivity contribution in [2.45, 2.75) is 11.8 Å². The van der Waals surface area contributed by atoms with Crippen LogP contribution in [-0.2, 0) is 14.3 Å². The molecule has 3 aliphatic carbocycles. The third-order valence-corrected chi connectivity index (χ3v) is 7.41. The molecule has 7 rings (SSSR count). The van der Waals surface area contributed by atoms with Crippen LogP contribution in [0.3, 0.4) is 0 Å². The molecule has 0 spiro atoms. The van der Waals surface area contributed by atoms with Gasteiger partial charge in [-0.3, -0.25) is 14.5 Å².